The van der Waals surface area contributed by atoms with E-state index in [9.17, 15) is 14.2 Å². The molecule has 0 atom stereocenters. The Hall–Kier alpha value is -3.55. The summed E-state index contributed by atoms with van der Waals surface area (Å²) < 4.78 is 12.0. The summed E-state index contributed by atoms with van der Waals surface area (Å²) in [6.45, 7) is 5.71. The molecule has 0 aliphatic heterocycles. The lowest BCUT2D eigenvalue weighted by Gasteiger charge is -2.09. The molecule has 3 nitrogen and oxygen atoms in total. The van der Waals surface area contributed by atoms with Crippen molar-refractivity contribution >= 4 is 30.0 Å². The third-order valence-corrected chi connectivity index (χ3v) is 6.93. The van der Waals surface area contributed by atoms with Gasteiger partial charge in [-0.1, -0.05) is 109 Å². The normalized spacial score (nSPS) is 10.3. The largest absolute Gasteiger partial charge is 0.317 e. The minimum atomic E-state index is -1.79. The molecular formula is C29H27O3P. The van der Waals surface area contributed by atoms with E-state index in [0.717, 1.165) is 27.3 Å². The van der Waals surface area contributed by atoms with Crippen molar-refractivity contribution in [3.05, 3.63) is 131 Å². The summed E-state index contributed by atoms with van der Waals surface area (Å²) in [5.41, 5.74) is 3.77. The van der Waals surface area contributed by atoms with Gasteiger partial charge in [0.25, 0.3) is 0 Å². The molecule has 0 fully saturated rings. The number of carbonyl (C=O) groups is 2. The number of ketones is 2. The molecule has 4 aromatic carbocycles. The van der Waals surface area contributed by atoms with Gasteiger partial charge in [-0.2, -0.15) is 0 Å². The van der Waals surface area contributed by atoms with Crippen molar-refractivity contribution in [1.82, 2.24) is 0 Å². The maximum atomic E-state index is 12.3. The summed E-state index contributed by atoms with van der Waals surface area (Å²) in [7, 11) is -1.79. The van der Waals surface area contributed by atoms with Crippen LogP contribution in [0.1, 0.15) is 37.4 Å². The number of carbonyl (C=O) groups excluding carboxylic acids is 2. The highest BCUT2D eigenvalue weighted by atomic mass is 31.1. The summed E-state index contributed by atoms with van der Waals surface area (Å²) >= 11 is 0. The van der Waals surface area contributed by atoms with Crippen molar-refractivity contribution in [2.24, 2.45) is 0 Å². The standard InChI is InChI=1S/C17H16O2.C12H11OP/c1-11-9-12(2)15(13(3)10-11)17(19)16(18)14-7-5-4-6-8-14;13-14(11-7-3-1-4-8-11)12-9-5-2-6-10-12/h4-10H,1-3H3;1-10,14H. The van der Waals surface area contributed by atoms with Gasteiger partial charge in [0.2, 0.25) is 11.6 Å². The highest BCUT2D eigenvalue weighted by molar-refractivity contribution is 7.61. The van der Waals surface area contributed by atoms with Crippen LogP contribution in [0.4, 0.5) is 0 Å². The molecule has 0 bridgehead atoms. The average Bonchev–Trinajstić information content (AvgIpc) is 2.84. The van der Waals surface area contributed by atoms with Crippen molar-refractivity contribution in [2.45, 2.75) is 20.8 Å². The molecule has 0 aromatic heterocycles. The first kappa shape index (κ1) is 24.1. The van der Waals surface area contributed by atoms with Crippen LogP contribution in [-0.2, 0) is 4.57 Å². The third kappa shape index (κ3) is 6.25. The van der Waals surface area contributed by atoms with Gasteiger partial charge in [-0.15, -0.1) is 0 Å². The number of hydrogen-bond donors (Lipinski definition) is 0. The molecule has 0 heterocycles. The Morgan fingerprint density at radius 3 is 1.39 bits per heavy atom. The molecule has 4 aromatic rings. The third-order valence-electron chi connectivity index (χ3n) is 5.22. The van der Waals surface area contributed by atoms with Gasteiger partial charge in [0.1, 0.15) is 7.80 Å². The van der Waals surface area contributed by atoms with Gasteiger partial charge in [0, 0.05) is 21.7 Å². The van der Waals surface area contributed by atoms with Crippen LogP contribution in [0, 0.1) is 20.8 Å². The first-order valence-electron chi connectivity index (χ1n) is 10.7. The topological polar surface area (TPSA) is 51.2 Å². The van der Waals surface area contributed by atoms with E-state index in [1.165, 1.54) is 0 Å². The van der Waals surface area contributed by atoms with Crippen molar-refractivity contribution in [2.75, 3.05) is 0 Å². The summed E-state index contributed by atoms with van der Waals surface area (Å²) in [6, 6.07) is 31.7. The van der Waals surface area contributed by atoms with Crippen LogP contribution in [0.25, 0.3) is 0 Å². The number of Topliss-reactive ketones (excluding diaryl/α,β-unsaturated/α-hetero) is 2. The predicted molar refractivity (Wildman–Crippen MR) is 137 cm³/mol. The first-order chi connectivity index (χ1) is 15.9. The summed E-state index contributed by atoms with van der Waals surface area (Å²) in [5.74, 6) is -0.878. The number of rotatable bonds is 5. The van der Waals surface area contributed by atoms with Crippen LogP contribution >= 0.6 is 7.80 Å². The van der Waals surface area contributed by atoms with E-state index < -0.39 is 19.4 Å². The van der Waals surface area contributed by atoms with Crippen molar-refractivity contribution in [3.8, 4) is 0 Å². The van der Waals surface area contributed by atoms with Gasteiger partial charge < -0.3 is 4.57 Å². The van der Waals surface area contributed by atoms with Crippen molar-refractivity contribution < 1.29 is 14.2 Å². The van der Waals surface area contributed by atoms with Crippen LogP contribution in [-0.4, -0.2) is 11.6 Å². The monoisotopic (exact) mass is 454 g/mol. The molecule has 4 heteroatoms. The van der Waals surface area contributed by atoms with Crippen LogP contribution in [0.3, 0.4) is 0 Å². The fourth-order valence-corrected chi connectivity index (χ4v) is 5.04. The molecule has 0 spiro atoms. The molecule has 4 rings (SSSR count). The Kier molecular flexibility index (Phi) is 8.29. The van der Waals surface area contributed by atoms with Crippen LogP contribution in [0.5, 0.6) is 0 Å². The average molecular weight is 455 g/mol. The molecule has 0 saturated carbocycles. The van der Waals surface area contributed by atoms with E-state index in [4.69, 9.17) is 0 Å². The maximum absolute atomic E-state index is 12.3. The van der Waals surface area contributed by atoms with Gasteiger partial charge in [-0.05, 0) is 31.9 Å². The van der Waals surface area contributed by atoms with Gasteiger partial charge in [0.05, 0.1) is 0 Å². The Bertz CT molecular complexity index is 1200. The highest BCUT2D eigenvalue weighted by Gasteiger charge is 2.21. The van der Waals surface area contributed by atoms with Crippen LogP contribution < -0.4 is 10.6 Å². The number of hydrogen-bond acceptors (Lipinski definition) is 3. The summed E-state index contributed by atoms with van der Waals surface area (Å²) in [4.78, 5) is 24.5. The van der Waals surface area contributed by atoms with E-state index in [1.807, 2.05) is 99.6 Å². The van der Waals surface area contributed by atoms with Gasteiger partial charge in [-0.3, -0.25) is 9.59 Å². The van der Waals surface area contributed by atoms with E-state index in [2.05, 4.69) is 0 Å². The van der Waals surface area contributed by atoms with E-state index in [0.29, 0.717) is 11.1 Å². The van der Waals surface area contributed by atoms with Crippen LogP contribution in [0.2, 0.25) is 0 Å². The first-order valence-corrected chi connectivity index (χ1v) is 12.2. The smallest absolute Gasteiger partial charge is 0.234 e. The quantitative estimate of drug-likeness (QED) is 0.215. The second-order valence-corrected chi connectivity index (χ2v) is 9.67. The fourth-order valence-electron chi connectivity index (χ4n) is 3.72. The van der Waals surface area contributed by atoms with E-state index in [-0.39, 0.29) is 0 Å². The van der Waals surface area contributed by atoms with E-state index >= 15 is 0 Å². The fraction of sp³-hybridized carbons (Fsp3) is 0.103. The Labute approximate surface area is 195 Å². The molecule has 0 amide bonds. The maximum Gasteiger partial charge on any atom is 0.234 e. The Balaban J connectivity index is 0.000000194. The molecule has 0 unspecified atom stereocenters. The lowest BCUT2D eigenvalue weighted by Crippen LogP contribution is -2.17. The lowest BCUT2D eigenvalue weighted by molar-refractivity contribution is 0.0816. The molecular weight excluding hydrogens is 427 g/mol. The molecule has 0 aliphatic carbocycles. The molecule has 0 N–H and O–H groups in total. The van der Waals surface area contributed by atoms with Gasteiger partial charge >= 0.3 is 0 Å². The molecule has 166 valence electrons. The lowest BCUT2D eigenvalue weighted by atomic mass is 9.93. The number of benzene rings is 4. The van der Waals surface area contributed by atoms with Gasteiger partial charge in [0.15, 0.2) is 0 Å². The molecule has 0 saturated heterocycles. The Morgan fingerprint density at radius 2 is 0.970 bits per heavy atom. The second-order valence-electron chi connectivity index (χ2n) is 7.86. The zero-order chi connectivity index (χ0) is 23.8. The second kappa shape index (κ2) is 11.4. The SMILES string of the molecule is Cc1cc(C)c(C(=O)C(=O)c2ccccc2)c(C)c1.O=[PH](c1ccccc1)c1ccccc1. The minimum Gasteiger partial charge on any atom is -0.317 e. The zero-order valence-electron chi connectivity index (χ0n) is 19.0. The minimum absolute atomic E-state index is 0.429. The zero-order valence-corrected chi connectivity index (χ0v) is 20.0. The van der Waals surface area contributed by atoms with Crippen molar-refractivity contribution in [1.29, 1.82) is 0 Å². The van der Waals surface area contributed by atoms with E-state index in [1.54, 1.807) is 24.3 Å². The highest BCUT2D eigenvalue weighted by Crippen LogP contribution is 2.19. The molecule has 0 aliphatic rings. The van der Waals surface area contributed by atoms with Crippen molar-refractivity contribution in [3.63, 3.8) is 0 Å². The predicted octanol–water partition coefficient (Wildman–Crippen LogP) is 5.87. The molecule has 33 heavy (non-hydrogen) atoms. The number of aryl methyl sites for hydroxylation is 3. The van der Waals surface area contributed by atoms with Crippen LogP contribution in [0.15, 0.2) is 103 Å². The summed E-state index contributed by atoms with van der Waals surface area (Å²) in [6.07, 6.45) is 0. The summed E-state index contributed by atoms with van der Waals surface area (Å²) in [5, 5.41) is 1.84. The molecule has 0 radical (unpaired) electrons. The Morgan fingerprint density at radius 1 is 0.576 bits per heavy atom. The van der Waals surface area contributed by atoms with Gasteiger partial charge in [-0.25, -0.2) is 0 Å².